The summed E-state index contributed by atoms with van der Waals surface area (Å²) in [4.78, 5) is 16.7. The van der Waals surface area contributed by atoms with Gasteiger partial charge in [-0.25, -0.2) is 4.98 Å². The summed E-state index contributed by atoms with van der Waals surface area (Å²) in [5, 5.41) is 1.01. The van der Waals surface area contributed by atoms with Gasteiger partial charge in [0.25, 0.3) is 0 Å². The fourth-order valence-electron chi connectivity index (χ4n) is 2.18. The number of nitrogens with zero attached hydrogens (tertiary/aromatic N) is 1. The Hall–Kier alpha value is -1.21. The number of benzene rings is 1. The SMILES string of the molecule is CC1(C)OB(c2cnc(C(=O)c3ccc(Cl)cc3)s2)OC1(C)C. The average molecular weight is 350 g/mol. The third-order valence-corrected chi connectivity index (χ3v) is 5.58. The van der Waals surface area contributed by atoms with E-state index in [1.54, 1.807) is 30.5 Å². The number of halogens is 1. The van der Waals surface area contributed by atoms with Crippen molar-refractivity contribution in [2.45, 2.75) is 38.9 Å². The number of carbonyl (C=O) groups excluding carboxylic acids is 1. The van der Waals surface area contributed by atoms with E-state index in [-0.39, 0.29) is 5.78 Å². The van der Waals surface area contributed by atoms with Crippen LogP contribution in [0.2, 0.25) is 5.02 Å². The minimum atomic E-state index is -0.496. The van der Waals surface area contributed by atoms with E-state index in [1.807, 2.05) is 27.7 Å². The molecule has 120 valence electrons. The Bertz CT molecular complexity index is 726. The molecule has 1 aromatic carbocycles. The van der Waals surface area contributed by atoms with Gasteiger partial charge < -0.3 is 9.31 Å². The molecule has 7 heteroatoms. The summed E-state index contributed by atoms with van der Waals surface area (Å²) in [7, 11) is -0.496. The van der Waals surface area contributed by atoms with Gasteiger partial charge in [0.15, 0.2) is 5.01 Å². The van der Waals surface area contributed by atoms with E-state index in [4.69, 9.17) is 20.9 Å². The van der Waals surface area contributed by atoms with Crippen molar-refractivity contribution in [2.24, 2.45) is 0 Å². The Morgan fingerprint density at radius 1 is 1.13 bits per heavy atom. The van der Waals surface area contributed by atoms with Crippen molar-refractivity contribution in [2.75, 3.05) is 0 Å². The van der Waals surface area contributed by atoms with Crippen LogP contribution in [0.5, 0.6) is 0 Å². The van der Waals surface area contributed by atoms with E-state index < -0.39 is 18.3 Å². The van der Waals surface area contributed by atoms with E-state index >= 15 is 0 Å². The highest BCUT2D eigenvalue weighted by Crippen LogP contribution is 2.36. The fourth-order valence-corrected chi connectivity index (χ4v) is 3.15. The van der Waals surface area contributed by atoms with Gasteiger partial charge in [-0.2, -0.15) is 0 Å². The van der Waals surface area contributed by atoms with Crippen LogP contribution in [0, 0.1) is 0 Å². The van der Waals surface area contributed by atoms with E-state index in [1.165, 1.54) is 11.3 Å². The molecule has 23 heavy (non-hydrogen) atoms. The number of carbonyl (C=O) groups is 1. The number of ketones is 1. The topological polar surface area (TPSA) is 48.4 Å². The van der Waals surface area contributed by atoms with Gasteiger partial charge in [0.1, 0.15) is 0 Å². The molecule has 1 aliphatic rings. The largest absolute Gasteiger partial charge is 0.507 e. The van der Waals surface area contributed by atoms with E-state index in [2.05, 4.69) is 4.98 Å². The van der Waals surface area contributed by atoms with Gasteiger partial charge in [0.05, 0.1) is 16.0 Å². The quantitative estimate of drug-likeness (QED) is 0.630. The predicted octanol–water partition coefficient (Wildman–Crippen LogP) is 3.33. The lowest BCUT2D eigenvalue weighted by atomic mass is 9.89. The van der Waals surface area contributed by atoms with Crippen LogP contribution in [0.15, 0.2) is 30.5 Å². The minimum Gasteiger partial charge on any atom is -0.399 e. The maximum absolute atomic E-state index is 12.5. The monoisotopic (exact) mass is 349 g/mol. The first-order valence-electron chi connectivity index (χ1n) is 7.31. The molecule has 0 atom stereocenters. The third kappa shape index (κ3) is 3.09. The highest BCUT2D eigenvalue weighted by molar-refractivity contribution is 7.23. The molecule has 0 saturated carbocycles. The van der Waals surface area contributed by atoms with Crippen LogP contribution < -0.4 is 4.78 Å². The molecule has 0 N–H and O–H groups in total. The smallest absolute Gasteiger partial charge is 0.399 e. The molecular formula is C16H17BClNO3S. The number of hydrogen-bond acceptors (Lipinski definition) is 5. The predicted molar refractivity (Wildman–Crippen MR) is 92.7 cm³/mol. The van der Waals surface area contributed by atoms with Crippen LogP contribution in [-0.2, 0) is 9.31 Å². The van der Waals surface area contributed by atoms with Crippen molar-refractivity contribution in [1.29, 1.82) is 0 Å². The van der Waals surface area contributed by atoms with Crippen molar-refractivity contribution < 1.29 is 14.1 Å². The first-order valence-corrected chi connectivity index (χ1v) is 8.51. The van der Waals surface area contributed by atoms with Crippen LogP contribution in [-0.4, -0.2) is 29.1 Å². The van der Waals surface area contributed by atoms with Crippen LogP contribution in [0.3, 0.4) is 0 Å². The number of rotatable bonds is 3. The Kier molecular flexibility index (Phi) is 4.13. The van der Waals surface area contributed by atoms with E-state index in [0.29, 0.717) is 15.6 Å². The van der Waals surface area contributed by atoms with Crippen molar-refractivity contribution in [3.05, 3.63) is 46.1 Å². The molecule has 0 unspecified atom stereocenters. The second-order valence-corrected chi connectivity index (χ2v) is 7.99. The number of aromatic nitrogens is 1. The first-order chi connectivity index (χ1) is 10.7. The Labute approximate surface area is 144 Å². The summed E-state index contributed by atoms with van der Waals surface area (Å²) in [5.74, 6) is -0.130. The van der Waals surface area contributed by atoms with Gasteiger partial charge in [-0.15, -0.1) is 11.3 Å². The van der Waals surface area contributed by atoms with E-state index in [9.17, 15) is 4.79 Å². The fraction of sp³-hybridized carbons (Fsp3) is 0.375. The summed E-state index contributed by atoms with van der Waals surface area (Å²) in [6.07, 6.45) is 1.65. The lowest BCUT2D eigenvalue weighted by Crippen LogP contribution is -2.41. The molecule has 0 radical (unpaired) electrons. The highest BCUT2D eigenvalue weighted by atomic mass is 35.5. The van der Waals surface area contributed by atoms with Crippen LogP contribution in [0.25, 0.3) is 0 Å². The van der Waals surface area contributed by atoms with Gasteiger partial charge in [-0.3, -0.25) is 4.79 Å². The lowest BCUT2D eigenvalue weighted by molar-refractivity contribution is 0.00578. The molecule has 4 nitrogen and oxygen atoms in total. The first kappa shape index (κ1) is 16.6. The molecule has 1 aromatic heterocycles. The second-order valence-electron chi connectivity index (χ2n) is 6.49. The van der Waals surface area contributed by atoms with Crippen LogP contribution in [0.1, 0.15) is 43.1 Å². The summed E-state index contributed by atoms with van der Waals surface area (Å²) >= 11 is 7.14. The molecule has 0 bridgehead atoms. The van der Waals surface area contributed by atoms with Crippen molar-refractivity contribution in [3.8, 4) is 0 Å². The lowest BCUT2D eigenvalue weighted by Gasteiger charge is -2.32. The molecule has 1 aliphatic heterocycles. The van der Waals surface area contributed by atoms with Gasteiger partial charge >= 0.3 is 7.12 Å². The molecular weight excluding hydrogens is 333 g/mol. The van der Waals surface area contributed by atoms with Gasteiger partial charge in [0.2, 0.25) is 5.78 Å². The maximum atomic E-state index is 12.5. The van der Waals surface area contributed by atoms with Crippen molar-refractivity contribution in [1.82, 2.24) is 4.98 Å². The number of thiazole rings is 1. The third-order valence-electron chi connectivity index (χ3n) is 4.31. The summed E-state index contributed by atoms with van der Waals surface area (Å²) in [6, 6.07) is 6.77. The molecule has 0 aliphatic carbocycles. The maximum Gasteiger partial charge on any atom is 0.507 e. The molecule has 2 aromatic rings. The normalized spacial score (nSPS) is 19.1. The second kappa shape index (κ2) is 5.70. The standard InChI is InChI=1S/C16H17BClNO3S/c1-15(2)16(3,4)22-17(21-15)12-9-19-14(23-12)13(20)10-5-7-11(18)8-6-10/h5-9H,1-4H3. The molecule has 3 rings (SSSR count). The van der Waals surface area contributed by atoms with E-state index in [0.717, 1.165) is 4.78 Å². The zero-order chi connectivity index (χ0) is 16.8. The van der Waals surface area contributed by atoms with Crippen LogP contribution in [0.4, 0.5) is 0 Å². The molecule has 0 amide bonds. The average Bonchev–Trinajstić information content (AvgIpc) is 3.02. The van der Waals surface area contributed by atoms with Crippen molar-refractivity contribution >= 4 is 40.6 Å². The van der Waals surface area contributed by atoms with Crippen molar-refractivity contribution in [3.63, 3.8) is 0 Å². The van der Waals surface area contributed by atoms with Crippen LogP contribution >= 0.6 is 22.9 Å². The molecule has 1 saturated heterocycles. The van der Waals surface area contributed by atoms with Gasteiger partial charge in [-0.1, -0.05) is 11.6 Å². The summed E-state index contributed by atoms with van der Waals surface area (Å²) in [6.45, 7) is 7.98. The summed E-state index contributed by atoms with van der Waals surface area (Å²) < 4.78 is 12.8. The number of hydrogen-bond donors (Lipinski definition) is 0. The Morgan fingerprint density at radius 2 is 1.70 bits per heavy atom. The molecule has 2 heterocycles. The molecule has 1 fully saturated rings. The van der Waals surface area contributed by atoms with Gasteiger partial charge in [-0.05, 0) is 52.0 Å². The zero-order valence-corrected chi connectivity index (χ0v) is 15.0. The minimum absolute atomic E-state index is 0.130. The summed E-state index contributed by atoms with van der Waals surface area (Å²) in [5.41, 5.74) is -0.270. The Balaban J connectivity index is 1.81. The Morgan fingerprint density at radius 3 is 2.26 bits per heavy atom. The zero-order valence-electron chi connectivity index (χ0n) is 13.4. The molecule has 0 spiro atoms. The van der Waals surface area contributed by atoms with Gasteiger partial charge in [0, 0.05) is 16.8 Å². The highest BCUT2D eigenvalue weighted by Gasteiger charge is 2.52.